The van der Waals surface area contributed by atoms with Gasteiger partial charge < -0.3 is 10.1 Å². The maximum Gasteiger partial charge on any atom is 0.124 e. The normalized spacial score (nSPS) is 12.4. The molecule has 0 aliphatic heterocycles. The van der Waals surface area contributed by atoms with Gasteiger partial charge in [0.15, 0.2) is 0 Å². The maximum atomic E-state index is 5.93. The third-order valence-electron chi connectivity index (χ3n) is 3.02. The number of para-hydroxylation sites is 1. The molecule has 1 N–H and O–H groups in total. The third-order valence-corrected chi connectivity index (χ3v) is 3.02. The molecule has 20 heavy (non-hydrogen) atoms. The van der Waals surface area contributed by atoms with Gasteiger partial charge in [-0.2, -0.15) is 0 Å². The molecule has 3 nitrogen and oxygen atoms in total. The highest BCUT2D eigenvalue weighted by atomic mass is 16.5. The summed E-state index contributed by atoms with van der Waals surface area (Å²) in [4.78, 5) is 4.22. The molecule has 1 atom stereocenters. The molecule has 106 valence electrons. The van der Waals surface area contributed by atoms with Crippen molar-refractivity contribution >= 4 is 0 Å². The zero-order chi connectivity index (χ0) is 14.4. The quantitative estimate of drug-likeness (QED) is 0.871. The second-order valence-corrected chi connectivity index (χ2v) is 4.98. The largest absolute Gasteiger partial charge is 0.491 e. The minimum atomic E-state index is 0.101. The Morgan fingerprint density at radius 2 is 1.95 bits per heavy atom. The van der Waals surface area contributed by atoms with Crippen LogP contribution in [0.25, 0.3) is 0 Å². The summed E-state index contributed by atoms with van der Waals surface area (Å²) in [7, 11) is 0. The minimum Gasteiger partial charge on any atom is -0.491 e. The fourth-order valence-electron chi connectivity index (χ4n) is 2.24. The Morgan fingerprint density at radius 3 is 2.60 bits per heavy atom. The number of nitrogens with zero attached hydrogens (tertiary/aromatic N) is 1. The Morgan fingerprint density at radius 1 is 1.15 bits per heavy atom. The smallest absolute Gasteiger partial charge is 0.124 e. The molecule has 0 radical (unpaired) electrons. The van der Waals surface area contributed by atoms with Gasteiger partial charge in [-0.3, -0.25) is 4.98 Å². The average molecular weight is 270 g/mol. The van der Waals surface area contributed by atoms with E-state index in [-0.39, 0.29) is 12.1 Å². The predicted octanol–water partition coefficient (Wildman–Crippen LogP) is 3.57. The van der Waals surface area contributed by atoms with Crippen molar-refractivity contribution in [1.82, 2.24) is 10.3 Å². The first-order valence-electron chi connectivity index (χ1n) is 7.11. The van der Waals surface area contributed by atoms with E-state index >= 15 is 0 Å². The van der Waals surface area contributed by atoms with Crippen LogP contribution in [0.2, 0.25) is 0 Å². The highest BCUT2D eigenvalue weighted by Crippen LogP contribution is 2.30. The Hall–Kier alpha value is -1.87. The van der Waals surface area contributed by atoms with Gasteiger partial charge in [-0.05, 0) is 38.1 Å². The number of ether oxygens (including phenoxy) is 1. The van der Waals surface area contributed by atoms with Crippen molar-refractivity contribution in [3.8, 4) is 5.75 Å². The summed E-state index contributed by atoms with van der Waals surface area (Å²) in [5.41, 5.74) is 2.30. The highest BCUT2D eigenvalue weighted by Gasteiger charge is 2.17. The van der Waals surface area contributed by atoms with Gasteiger partial charge in [-0.25, -0.2) is 0 Å². The van der Waals surface area contributed by atoms with Crippen molar-refractivity contribution in [3.63, 3.8) is 0 Å². The number of rotatable bonds is 6. The van der Waals surface area contributed by atoms with Gasteiger partial charge in [-0.1, -0.05) is 31.2 Å². The Labute approximate surface area is 121 Å². The highest BCUT2D eigenvalue weighted by molar-refractivity contribution is 5.41. The van der Waals surface area contributed by atoms with Crippen LogP contribution in [-0.4, -0.2) is 17.6 Å². The molecule has 1 heterocycles. The van der Waals surface area contributed by atoms with Crippen molar-refractivity contribution in [2.45, 2.75) is 32.9 Å². The van der Waals surface area contributed by atoms with Crippen molar-refractivity contribution in [2.75, 3.05) is 6.54 Å². The lowest BCUT2D eigenvalue weighted by Gasteiger charge is -2.22. The van der Waals surface area contributed by atoms with Crippen LogP contribution >= 0.6 is 0 Å². The topological polar surface area (TPSA) is 34.2 Å². The molecular weight excluding hydrogens is 248 g/mol. The van der Waals surface area contributed by atoms with Crippen LogP contribution in [0.4, 0.5) is 0 Å². The Balaban J connectivity index is 2.39. The van der Waals surface area contributed by atoms with Crippen LogP contribution in [0.15, 0.2) is 48.8 Å². The van der Waals surface area contributed by atoms with E-state index in [4.69, 9.17) is 4.74 Å². The fraction of sp³-hybridized carbons (Fsp3) is 0.353. The van der Waals surface area contributed by atoms with E-state index in [1.54, 1.807) is 6.20 Å². The molecule has 3 heteroatoms. The lowest BCUT2D eigenvalue weighted by molar-refractivity contribution is 0.238. The molecule has 2 aromatic rings. The molecule has 0 fully saturated rings. The number of pyridine rings is 1. The van der Waals surface area contributed by atoms with Gasteiger partial charge in [0.05, 0.1) is 12.1 Å². The number of nitrogens with one attached hydrogen (secondary N) is 1. The summed E-state index contributed by atoms with van der Waals surface area (Å²) in [6, 6.07) is 12.3. The van der Waals surface area contributed by atoms with Gasteiger partial charge in [0.2, 0.25) is 0 Å². The van der Waals surface area contributed by atoms with Crippen LogP contribution in [-0.2, 0) is 0 Å². The molecule has 0 aliphatic rings. The molecule has 1 aromatic heterocycles. The first kappa shape index (κ1) is 14.5. The molecular formula is C17H22N2O. The van der Waals surface area contributed by atoms with Crippen LogP contribution in [0.1, 0.15) is 37.9 Å². The molecule has 1 unspecified atom stereocenters. The van der Waals surface area contributed by atoms with Gasteiger partial charge in [-0.15, -0.1) is 0 Å². The van der Waals surface area contributed by atoms with E-state index in [0.717, 1.165) is 23.4 Å². The average Bonchev–Trinajstić information content (AvgIpc) is 2.46. The third kappa shape index (κ3) is 3.58. The zero-order valence-electron chi connectivity index (χ0n) is 12.3. The Bertz CT molecular complexity index is 526. The van der Waals surface area contributed by atoms with Crippen molar-refractivity contribution in [3.05, 3.63) is 59.9 Å². The summed E-state index contributed by atoms with van der Waals surface area (Å²) in [5.74, 6) is 0.928. The number of hydrogen-bond donors (Lipinski definition) is 1. The minimum absolute atomic E-state index is 0.101. The molecule has 0 spiro atoms. The van der Waals surface area contributed by atoms with Crippen molar-refractivity contribution in [2.24, 2.45) is 0 Å². The molecule has 1 aromatic carbocycles. The van der Waals surface area contributed by atoms with Crippen molar-refractivity contribution < 1.29 is 4.74 Å². The van der Waals surface area contributed by atoms with E-state index in [9.17, 15) is 0 Å². The van der Waals surface area contributed by atoms with Gasteiger partial charge in [0.1, 0.15) is 5.75 Å². The van der Waals surface area contributed by atoms with Crippen LogP contribution in [0.3, 0.4) is 0 Å². The molecule has 0 bridgehead atoms. The van der Waals surface area contributed by atoms with E-state index in [2.05, 4.69) is 29.4 Å². The fourth-order valence-corrected chi connectivity index (χ4v) is 2.24. The van der Waals surface area contributed by atoms with Crippen LogP contribution in [0.5, 0.6) is 5.75 Å². The standard InChI is InChI=1S/C17H22N2O/c1-4-19-17(14-8-7-11-18-12-14)15-9-5-6-10-16(15)20-13(2)3/h5-13,17,19H,4H2,1-3H3. The molecule has 2 rings (SSSR count). The summed E-state index contributed by atoms with van der Waals surface area (Å²) in [6.45, 7) is 7.08. The molecule has 0 saturated heterocycles. The first-order valence-corrected chi connectivity index (χ1v) is 7.11. The number of aromatic nitrogens is 1. The summed E-state index contributed by atoms with van der Waals surface area (Å²) < 4.78 is 5.93. The molecule has 0 amide bonds. The van der Waals surface area contributed by atoms with Gasteiger partial charge in [0, 0.05) is 18.0 Å². The van der Waals surface area contributed by atoms with Crippen LogP contribution in [0, 0.1) is 0 Å². The summed E-state index contributed by atoms with van der Waals surface area (Å²) in [5, 5.41) is 3.51. The Kier molecular flexibility index (Phi) is 5.13. The monoisotopic (exact) mass is 270 g/mol. The van der Waals surface area contributed by atoms with E-state index in [0.29, 0.717) is 0 Å². The van der Waals surface area contributed by atoms with E-state index in [1.807, 2.05) is 44.3 Å². The first-order chi connectivity index (χ1) is 9.72. The van der Waals surface area contributed by atoms with Gasteiger partial charge >= 0.3 is 0 Å². The second-order valence-electron chi connectivity index (χ2n) is 4.98. The summed E-state index contributed by atoms with van der Waals surface area (Å²) >= 11 is 0. The maximum absolute atomic E-state index is 5.93. The number of hydrogen-bond acceptors (Lipinski definition) is 3. The molecule has 0 saturated carbocycles. The molecule has 0 aliphatic carbocycles. The zero-order valence-corrected chi connectivity index (χ0v) is 12.3. The van der Waals surface area contributed by atoms with Crippen LogP contribution < -0.4 is 10.1 Å². The second kappa shape index (κ2) is 7.06. The van der Waals surface area contributed by atoms with Gasteiger partial charge in [0.25, 0.3) is 0 Å². The lowest BCUT2D eigenvalue weighted by Crippen LogP contribution is -2.23. The summed E-state index contributed by atoms with van der Waals surface area (Å²) in [6.07, 6.45) is 3.86. The lowest BCUT2D eigenvalue weighted by atomic mass is 9.99. The van der Waals surface area contributed by atoms with E-state index in [1.165, 1.54) is 0 Å². The SMILES string of the molecule is CCNC(c1cccnc1)c1ccccc1OC(C)C. The van der Waals surface area contributed by atoms with Crippen molar-refractivity contribution in [1.29, 1.82) is 0 Å². The van der Waals surface area contributed by atoms with E-state index < -0.39 is 0 Å². The number of benzene rings is 1. The predicted molar refractivity (Wildman–Crippen MR) is 82.0 cm³/mol.